The minimum absolute atomic E-state index is 0. The van der Waals surface area contributed by atoms with E-state index in [9.17, 15) is 8.42 Å². The third-order valence-corrected chi connectivity index (χ3v) is 6.45. The van der Waals surface area contributed by atoms with Crippen LogP contribution in [0.3, 0.4) is 0 Å². The Balaban J connectivity index is 0.00000200. The van der Waals surface area contributed by atoms with Crippen LogP contribution >= 0.6 is 51.5 Å². The molecule has 1 heterocycles. The highest BCUT2D eigenvalue weighted by atomic mass is 79.9. The molecule has 4 nitrogen and oxygen atoms in total. The molecule has 1 N–H and O–H groups in total. The molecular formula is C11H14BrCl3N2O2S. The van der Waals surface area contributed by atoms with Crippen molar-refractivity contribution < 1.29 is 8.42 Å². The quantitative estimate of drug-likeness (QED) is 0.742. The maximum Gasteiger partial charge on any atom is 0.244 e. The molecule has 114 valence electrons. The van der Waals surface area contributed by atoms with Gasteiger partial charge in [0.2, 0.25) is 10.0 Å². The number of hydrogen-bond acceptors (Lipinski definition) is 3. The fourth-order valence-electron chi connectivity index (χ4n) is 1.96. The Morgan fingerprint density at radius 3 is 2.60 bits per heavy atom. The van der Waals surface area contributed by atoms with Gasteiger partial charge in [0.1, 0.15) is 4.90 Å². The Kier molecular flexibility index (Phi) is 6.59. The van der Waals surface area contributed by atoms with Crippen LogP contribution in [-0.4, -0.2) is 38.4 Å². The van der Waals surface area contributed by atoms with E-state index in [1.807, 2.05) is 6.92 Å². The summed E-state index contributed by atoms with van der Waals surface area (Å²) in [6.07, 6.45) is 0. The minimum atomic E-state index is -3.59. The molecule has 1 aliphatic heterocycles. The van der Waals surface area contributed by atoms with Gasteiger partial charge in [-0.2, -0.15) is 4.31 Å². The molecule has 0 aliphatic carbocycles. The second kappa shape index (κ2) is 7.13. The van der Waals surface area contributed by atoms with Crippen LogP contribution in [0.2, 0.25) is 10.0 Å². The summed E-state index contributed by atoms with van der Waals surface area (Å²) in [7, 11) is -3.59. The average molecular weight is 425 g/mol. The monoisotopic (exact) mass is 422 g/mol. The maximum absolute atomic E-state index is 12.6. The molecule has 0 bridgehead atoms. The van der Waals surface area contributed by atoms with Gasteiger partial charge in [-0.25, -0.2) is 8.42 Å². The minimum Gasteiger partial charge on any atom is -0.312 e. The summed E-state index contributed by atoms with van der Waals surface area (Å²) in [6.45, 7) is 3.44. The molecule has 1 aromatic carbocycles. The number of benzene rings is 1. The largest absolute Gasteiger partial charge is 0.312 e. The van der Waals surface area contributed by atoms with Gasteiger partial charge in [0.05, 0.1) is 10.0 Å². The van der Waals surface area contributed by atoms with E-state index in [-0.39, 0.29) is 28.4 Å². The predicted molar refractivity (Wildman–Crippen MR) is 87.6 cm³/mol. The van der Waals surface area contributed by atoms with Crippen molar-refractivity contribution in [2.24, 2.45) is 0 Å². The first-order valence-electron chi connectivity index (χ1n) is 5.70. The lowest BCUT2D eigenvalue weighted by atomic mass is 10.3. The molecule has 1 aliphatic rings. The molecule has 1 aromatic rings. The molecule has 1 saturated heterocycles. The number of nitrogens with one attached hydrogen (secondary N) is 1. The van der Waals surface area contributed by atoms with Crippen molar-refractivity contribution in [2.45, 2.75) is 17.9 Å². The first kappa shape index (κ1) is 18.5. The molecule has 1 unspecified atom stereocenters. The molecule has 1 fully saturated rings. The lowest BCUT2D eigenvalue weighted by Gasteiger charge is -2.31. The van der Waals surface area contributed by atoms with Crippen LogP contribution in [0.5, 0.6) is 0 Å². The normalized spacial score (nSPS) is 20.5. The highest BCUT2D eigenvalue weighted by Gasteiger charge is 2.30. The van der Waals surface area contributed by atoms with Crippen LogP contribution in [0, 0.1) is 0 Å². The summed E-state index contributed by atoms with van der Waals surface area (Å²) < 4.78 is 27.1. The van der Waals surface area contributed by atoms with Gasteiger partial charge in [-0.3, -0.25) is 0 Å². The van der Waals surface area contributed by atoms with Gasteiger partial charge in [-0.1, -0.05) is 23.2 Å². The van der Waals surface area contributed by atoms with E-state index in [1.165, 1.54) is 16.4 Å². The van der Waals surface area contributed by atoms with Crippen LogP contribution in [0.15, 0.2) is 21.5 Å². The van der Waals surface area contributed by atoms with Crippen molar-refractivity contribution in [3.05, 3.63) is 26.7 Å². The molecule has 2 rings (SSSR count). The Bertz CT molecular complexity index is 598. The van der Waals surface area contributed by atoms with Crippen molar-refractivity contribution in [3.8, 4) is 0 Å². The van der Waals surface area contributed by atoms with Crippen molar-refractivity contribution in [2.75, 3.05) is 19.6 Å². The van der Waals surface area contributed by atoms with Gasteiger partial charge in [0.15, 0.2) is 0 Å². The van der Waals surface area contributed by atoms with E-state index in [2.05, 4.69) is 21.2 Å². The smallest absolute Gasteiger partial charge is 0.244 e. The Hall–Kier alpha value is 0.440. The molecule has 0 radical (unpaired) electrons. The third kappa shape index (κ3) is 3.80. The summed E-state index contributed by atoms with van der Waals surface area (Å²) in [4.78, 5) is 0.0829. The van der Waals surface area contributed by atoms with Crippen molar-refractivity contribution in [1.82, 2.24) is 9.62 Å². The topological polar surface area (TPSA) is 49.4 Å². The zero-order valence-corrected chi connectivity index (χ0v) is 15.3. The molecule has 20 heavy (non-hydrogen) atoms. The molecule has 0 amide bonds. The first-order valence-corrected chi connectivity index (χ1v) is 8.69. The van der Waals surface area contributed by atoms with Crippen LogP contribution in [0.25, 0.3) is 0 Å². The summed E-state index contributed by atoms with van der Waals surface area (Å²) in [5.41, 5.74) is 0. The van der Waals surface area contributed by atoms with E-state index >= 15 is 0 Å². The molecule has 0 aromatic heterocycles. The second-order valence-electron chi connectivity index (χ2n) is 4.41. The van der Waals surface area contributed by atoms with Gasteiger partial charge in [0, 0.05) is 30.1 Å². The summed E-state index contributed by atoms with van der Waals surface area (Å²) in [5.74, 6) is 0. The SMILES string of the molecule is CC1CN(S(=O)(=O)c2cc(Br)c(Cl)cc2Cl)CCN1.Cl. The summed E-state index contributed by atoms with van der Waals surface area (Å²) in [6, 6.07) is 3.01. The molecule has 9 heteroatoms. The zero-order chi connectivity index (χ0) is 14.2. The average Bonchev–Trinajstić information content (AvgIpc) is 2.33. The van der Waals surface area contributed by atoms with Gasteiger partial charge >= 0.3 is 0 Å². The van der Waals surface area contributed by atoms with E-state index in [0.717, 1.165) is 0 Å². The maximum atomic E-state index is 12.6. The van der Waals surface area contributed by atoms with Gasteiger partial charge < -0.3 is 5.32 Å². The van der Waals surface area contributed by atoms with E-state index in [1.54, 1.807) is 0 Å². The number of nitrogens with zero attached hydrogens (tertiary/aromatic N) is 1. The fourth-order valence-corrected chi connectivity index (χ4v) is 4.73. The Morgan fingerprint density at radius 2 is 2.00 bits per heavy atom. The van der Waals surface area contributed by atoms with Crippen molar-refractivity contribution in [3.63, 3.8) is 0 Å². The second-order valence-corrected chi connectivity index (χ2v) is 7.99. The van der Waals surface area contributed by atoms with Gasteiger partial charge in [-0.15, -0.1) is 12.4 Å². The third-order valence-electron chi connectivity index (χ3n) is 2.92. The number of hydrogen-bond donors (Lipinski definition) is 1. The molecule has 0 spiro atoms. The highest BCUT2D eigenvalue weighted by molar-refractivity contribution is 9.10. The molecular weight excluding hydrogens is 410 g/mol. The fraction of sp³-hybridized carbons (Fsp3) is 0.455. The van der Waals surface area contributed by atoms with Crippen molar-refractivity contribution in [1.29, 1.82) is 0 Å². The highest BCUT2D eigenvalue weighted by Crippen LogP contribution is 2.33. The van der Waals surface area contributed by atoms with Crippen LogP contribution in [0.1, 0.15) is 6.92 Å². The number of rotatable bonds is 2. The predicted octanol–water partition coefficient (Wildman–Crippen LogP) is 3.16. The standard InChI is InChI=1S/C11H13BrCl2N2O2S.ClH/c1-7-6-16(3-2-15-7)19(17,18)11-4-8(12)9(13)5-10(11)14;/h4-5,7,15H,2-3,6H2,1H3;1H. The zero-order valence-electron chi connectivity index (χ0n) is 10.6. The summed E-state index contributed by atoms with van der Waals surface area (Å²) >= 11 is 15.1. The van der Waals surface area contributed by atoms with E-state index in [0.29, 0.717) is 29.1 Å². The van der Waals surface area contributed by atoms with Crippen LogP contribution in [0.4, 0.5) is 0 Å². The van der Waals surface area contributed by atoms with E-state index < -0.39 is 10.0 Å². The van der Waals surface area contributed by atoms with Gasteiger partial charge in [0.25, 0.3) is 0 Å². The van der Waals surface area contributed by atoms with Crippen LogP contribution in [-0.2, 0) is 10.0 Å². The summed E-state index contributed by atoms with van der Waals surface area (Å²) in [5, 5.41) is 3.73. The lowest BCUT2D eigenvalue weighted by molar-refractivity contribution is 0.310. The first-order chi connectivity index (χ1) is 8.82. The Morgan fingerprint density at radius 1 is 1.35 bits per heavy atom. The number of sulfonamides is 1. The number of piperazine rings is 1. The van der Waals surface area contributed by atoms with E-state index in [4.69, 9.17) is 23.2 Å². The Labute approximate surface area is 143 Å². The molecule has 0 saturated carbocycles. The van der Waals surface area contributed by atoms with Crippen molar-refractivity contribution >= 4 is 61.6 Å². The van der Waals surface area contributed by atoms with Gasteiger partial charge in [-0.05, 0) is 35.0 Å². The van der Waals surface area contributed by atoms with Crippen LogP contribution < -0.4 is 5.32 Å². The number of halogens is 4. The lowest BCUT2D eigenvalue weighted by Crippen LogP contribution is -2.51. The molecule has 1 atom stereocenters.